The molecule has 6 heteroatoms. The summed E-state index contributed by atoms with van der Waals surface area (Å²) in [5.74, 6) is 1.69. The number of carbonyl (C=O) groups is 1. The number of ether oxygens (including phenoxy) is 2. The highest BCUT2D eigenvalue weighted by Gasteiger charge is 2.16. The minimum absolute atomic E-state index is 0.190. The Balaban J connectivity index is 2.60. The zero-order valence-corrected chi connectivity index (χ0v) is 14.6. The van der Waals surface area contributed by atoms with Crippen molar-refractivity contribution < 1.29 is 19.4 Å². The zero-order valence-electron chi connectivity index (χ0n) is 14.6. The number of aliphatic hydroxyl groups excluding tert-OH is 1. The largest absolute Gasteiger partial charge is 0.493 e. The zero-order chi connectivity index (χ0) is 17.4. The molecule has 0 saturated carbocycles. The summed E-state index contributed by atoms with van der Waals surface area (Å²) in [5, 5.41) is 13.2. The minimum atomic E-state index is -0.796. The van der Waals surface area contributed by atoms with Crippen LogP contribution in [0, 0.1) is 5.92 Å². The average Bonchev–Trinajstić information content (AvgIpc) is 2.53. The van der Waals surface area contributed by atoms with Gasteiger partial charge in [-0.05, 0) is 30.0 Å². The van der Waals surface area contributed by atoms with E-state index in [9.17, 15) is 9.90 Å². The molecule has 0 aliphatic carbocycles. The summed E-state index contributed by atoms with van der Waals surface area (Å²) in [7, 11) is 4.76. The highest BCUT2D eigenvalue weighted by atomic mass is 16.5. The lowest BCUT2D eigenvalue weighted by molar-refractivity contribution is 0.131. The van der Waals surface area contributed by atoms with Crippen LogP contribution in [0.2, 0.25) is 0 Å². The summed E-state index contributed by atoms with van der Waals surface area (Å²) < 4.78 is 10.4. The van der Waals surface area contributed by atoms with Gasteiger partial charge in [-0.3, -0.25) is 0 Å². The molecular weight excluding hydrogens is 296 g/mol. The van der Waals surface area contributed by atoms with Crippen molar-refractivity contribution in [2.24, 2.45) is 5.92 Å². The summed E-state index contributed by atoms with van der Waals surface area (Å²) in [4.78, 5) is 13.4. The molecule has 0 saturated heterocycles. The number of aliphatic hydroxyl groups is 1. The first-order valence-corrected chi connectivity index (χ1v) is 7.78. The molecule has 0 aromatic heterocycles. The molecule has 0 fully saturated rings. The summed E-state index contributed by atoms with van der Waals surface area (Å²) in [6.07, 6.45) is 0.133. The Labute approximate surface area is 138 Å². The first-order chi connectivity index (χ1) is 10.9. The predicted molar refractivity (Wildman–Crippen MR) is 90.0 cm³/mol. The van der Waals surface area contributed by atoms with Crippen molar-refractivity contribution in [3.63, 3.8) is 0 Å². The van der Waals surface area contributed by atoms with Crippen molar-refractivity contribution in [3.8, 4) is 11.5 Å². The molecule has 0 spiro atoms. The number of carbonyl (C=O) groups excluding carboxylic acids is 1. The number of nitrogens with zero attached hydrogens (tertiary/aromatic N) is 1. The number of likely N-dealkylation sites (N-methyl/N-ethyl adjacent to an activating group) is 1. The Morgan fingerprint density at radius 3 is 2.48 bits per heavy atom. The van der Waals surface area contributed by atoms with Crippen LogP contribution in [0.4, 0.5) is 4.79 Å². The summed E-state index contributed by atoms with van der Waals surface area (Å²) in [5.41, 5.74) is 0.671. The van der Waals surface area contributed by atoms with Crippen LogP contribution in [0.5, 0.6) is 11.5 Å². The highest BCUT2D eigenvalue weighted by Crippen LogP contribution is 2.30. The molecule has 1 aromatic rings. The van der Waals surface area contributed by atoms with Crippen molar-refractivity contribution >= 4 is 6.03 Å². The Kier molecular flexibility index (Phi) is 7.68. The van der Waals surface area contributed by atoms with E-state index in [-0.39, 0.29) is 12.6 Å². The van der Waals surface area contributed by atoms with Crippen molar-refractivity contribution in [2.75, 3.05) is 34.4 Å². The molecular formula is C17H28N2O4. The number of rotatable bonds is 8. The van der Waals surface area contributed by atoms with E-state index in [0.717, 1.165) is 6.42 Å². The van der Waals surface area contributed by atoms with Gasteiger partial charge in [0.1, 0.15) is 0 Å². The van der Waals surface area contributed by atoms with E-state index >= 15 is 0 Å². The van der Waals surface area contributed by atoms with Gasteiger partial charge in [-0.15, -0.1) is 0 Å². The van der Waals surface area contributed by atoms with E-state index in [4.69, 9.17) is 9.47 Å². The van der Waals surface area contributed by atoms with Gasteiger partial charge < -0.3 is 24.8 Å². The maximum absolute atomic E-state index is 12.0. The minimum Gasteiger partial charge on any atom is -0.493 e. The molecule has 0 heterocycles. The van der Waals surface area contributed by atoms with Crippen molar-refractivity contribution in [1.29, 1.82) is 0 Å². The van der Waals surface area contributed by atoms with Crippen molar-refractivity contribution in [2.45, 2.75) is 26.4 Å². The molecule has 130 valence electrons. The average molecular weight is 324 g/mol. The molecule has 23 heavy (non-hydrogen) atoms. The number of amides is 2. The molecule has 1 unspecified atom stereocenters. The topological polar surface area (TPSA) is 71.0 Å². The smallest absolute Gasteiger partial charge is 0.317 e. The monoisotopic (exact) mass is 324 g/mol. The van der Waals surface area contributed by atoms with E-state index in [1.54, 1.807) is 39.5 Å². The fourth-order valence-corrected chi connectivity index (χ4v) is 2.11. The van der Waals surface area contributed by atoms with Crippen LogP contribution in [-0.4, -0.2) is 50.4 Å². The molecule has 2 N–H and O–H groups in total. The fraction of sp³-hybridized carbons (Fsp3) is 0.588. The van der Waals surface area contributed by atoms with Crippen molar-refractivity contribution in [3.05, 3.63) is 23.8 Å². The number of hydrogen-bond acceptors (Lipinski definition) is 4. The maximum Gasteiger partial charge on any atom is 0.317 e. The molecule has 0 bridgehead atoms. The summed E-state index contributed by atoms with van der Waals surface area (Å²) in [6, 6.07) is 5.02. The Morgan fingerprint density at radius 1 is 1.26 bits per heavy atom. The van der Waals surface area contributed by atoms with E-state index in [1.807, 2.05) is 0 Å². The predicted octanol–water partition coefficient (Wildman–Crippen LogP) is 2.42. The highest BCUT2D eigenvalue weighted by molar-refractivity contribution is 5.73. The Bertz CT molecular complexity index is 505. The summed E-state index contributed by atoms with van der Waals surface area (Å²) in [6.45, 7) is 5.05. The van der Waals surface area contributed by atoms with Gasteiger partial charge >= 0.3 is 6.03 Å². The number of hydrogen-bond donors (Lipinski definition) is 2. The van der Waals surface area contributed by atoms with Crippen LogP contribution in [0.15, 0.2) is 18.2 Å². The first-order valence-electron chi connectivity index (χ1n) is 7.78. The molecule has 0 radical (unpaired) electrons. The van der Waals surface area contributed by atoms with Gasteiger partial charge in [0.25, 0.3) is 0 Å². The van der Waals surface area contributed by atoms with Gasteiger partial charge in [-0.1, -0.05) is 19.9 Å². The lowest BCUT2D eigenvalue weighted by atomic mass is 10.1. The van der Waals surface area contributed by atoms with Crippen molar-refractivity contribution in [1.82, 2.24) is 10.2 Å². The van der Waals surface area contributed by atoms with E-state index in [1.165, 1.54) is 4.90 Å². The third-order valence-electron chi connectivity index (χ3n) is 3.58. The fourth-order valence-electron chi connectivity index (χ4n) is 2.11. The van der Waals surface area contributed by atoms with Gasteiger partial charge in [0.05, 0.1) is 26.9 Å². The van der Waals surface area contributed by atoms with E-state index in [0.29, 0.717) is 29.5 Å². The molecule has 2 amide bonds. The van der Waals surface area contributed by atoms with Crippen LogP contribution in [0.3, 0.4) is 0 Å². The van der Waals surface area contributed by atoms with Crippen LogP contribution >= 0.6 is 0 Å². The molecule has 0 aliphatic heterocycles. The third-order valence-corrected chi connectivity index (χ3v) is 3.58. The molecule has 0 aliphatic rings. The van der Waals surface area contributed by atoms with Gasteiger partial charge in [0.2, 0.25) is 0 Å². The Morgan fingerprint density at radius 2 is 1.91 bits per heavy atom. The first kappa shape index (κ1) is 19.1. The second kappa shape index (κ2) is 9.25. The van der Waals surface area contributed by atoms with Crippen LogP contribution < -0.4 is 14.8 Å². The number of urea groups is 1. The van der Waals surface area contributed by atoms with Crippen LogP contribution in [-0.2, 0) is 0 Å². The molecule has 6 nitrogen and oxygen atoms in total. The van der Waals surface area contributed by atoms with Crippen LogP contribution in [0.25, 0.3) is 0 Å². The molecule has 1 rings (SSSR count). The van der Waals surface area contributed by atoms with Crippen LogP contribution in [0.1, 0.15) is 31.9 Å². The lowest BCUT2D eigenvalue weighted by Crippen LogP contribution is -2.40. The number of methoxy groups -OCH3 is 2. The van der Waals surface area contributed by atoms with E-state index < -0.39 is 6.10 Å². The number of nitrogens with one attached hydrogen (secondary N) is 1. The second-order valence-electron chi connectivity index (χ2n) is 5.93. The van der Waals surface area contributed by atoms with Gasteiger partial charge in [-0.25, -0.2) is 4.79 Å². The van der Waals surface area contributed by atoms with Gasteiger partial charge in [0.15, 0.2) is 11.5 Å². The normalized spacial score (nSPS) is 12.0. The van der Waals surface area contributed by atoms with Gasteiger partial charge in [-0.2, -0.15) is 0 Å². The Hall–Kier alpha value is -1.95. The lowest BCUT2D eigenvalue weighted by Gasteiger charge is -2.22. The number of benzene rings is 1. The van der Waals surface area contributed by atoms with E-state index in [2.05, 4.69) is 19.2 Å². The standard InChI is InChI=1S/C17H28N2O4/c1-12(2)8-9-18-17(21)19(3)11-14(20)13-6-7-15(22-4)16(10-13)23-5/h6-7,10,12,14,20H,8-9,11H2,1-5H3,(H,18,21). The third kappa shape index (κ3) is 5.98. The summed E-state index contributed by atoms with van der Waals surface area (Å²) >= 11 is 0. The quantitative estimate of drug-likeness (QED) is 0.770. The van der Waals surface area contributed by atoms with Gasteiger partial charge in [0, 0.05) is 13.6 Å². The maximum atomic E-state index is 12.0. The SMILES string of the molecule is COc1ccc(C(O)CN(C)C(=O)NCCC(C)C)cc1OC. The second-order valence-corrected chi connectivity index (χ2v) is 5.93. The molecule has 1 aromatic carbocycles. The molecule has 1 atom stereocenters.